The van der Waals surface area contributed by atoms with Gasteiger partial charge in [0, 0.05) is 17.8 Å². The van der Waals surface area contributed by atoms with Gasteiger partial charge >= 0.3 is 12.1 Å². The van der Waals surface area contributed by atoms with E-state index in [1.54, 1.807) is 12.1 Å². The minimum atomic E-state index is -3.42. The molecule has 3 atom stereocenters. The number of methoxy groups -OCH3 is 1. The smallest absolute Gasteiger partial charge is 0.437 e. The van der Waals surface area contributed by atoms with E-state index in [1.807, 2.05) is 37.3 Å². The molecule has 6 nitrogen and oxygen atoms in total. The molecule has 1 aromatic carbocycles. The number of thiophene rings is 1. The largest absolute Gasteiger partial charge is 0.514 e. The van der Waals surface area contributed by atoms with Crippen LogP contribution in [0.3, 0.4) is 0 Å². The summed E-state index contributed by atoms with van der Waals surface area (Å²) < 4.78 is 37.7. The molecule has 1 aromatic heterocycles. The molecular weight excluding hydrogens is 464 g/mol. The van der Waals surface area contributed by atoms with Crippen LogP contribution in [0, 0.1) is 5.92 Å². The van der Waals surface area contributed by atoms with Crippen LogP contribution in [0.15, 0.2) is 54.6 Å². The number of alkyl halides is 2. The number of nitrogens with zero attached hydrogens (tertiary/aromatic N) is 1. The predicted molar refractivity (Wildman–Crippen MR) is 125 cm³/mol. The summed E-state index contributed by atoms with van der Waals surface area (Å²) in [5.74, 6) is -4.71. The summed E-state index contributed by atoms with van der Waals surface area (Å²) in [7, 11) is 1.22. The number of ether oxygens (including phenoxy) is 2. The lowest BCUT2D eigenvalue weighted by molar-refractivity contribution is -0.148. The van der Waals surface area contributed by atoms with Crippen LogP contribution >= 0.6 is 11.3 Å². The van der Waals surface area contributed by atoms with Crippen molar-refractivity contribution in [1.29, 1.82) is 0 Å². The topological polar surface area (TPSA) is 76.1 Å². The summed E-state index contributed by atoms with van der Waals surface area (Å²) >= 11 is 1.26. The van der Waals surface area contributed by atoms with E-state index in [2.05, 4.69) is 4.74 Å². The molecule has 0 radical (unpaired) electrons. The first kappa shape index (κ1) is 25.8. The molecule has 1 aliphatic heterocycles. The number of hydrogen-bond acceptors (Lipinski definition) is 6. The first-order valence-electron chi connectivity index (χ1n) is 11.1. The van der Waals surface area contributed by atoms with Gasteiger partial charge in [-0.2, -0.15) is 8.78 Å². The van der Waals surface area contributed by atoms with Gasteiger partial charge in [-0.15, -0.1) is 11.3 Å². The maximum Gasteiger partial charge on any atom is 0.514 e. The highest BCUT2D eigenvalue weighted by molar-refractivity contribution is 7.13. The van der Waals surface area contributed by atoms with Crippen LogP contribution in [0.25, 0.3) is 0 Å². The molecule has 0 aliphatic carbocycles. The van der Waals surface area contributed by atoms with Crippen LogP contribution in [0.5, 0.6) is 5.06 Å². The third kappa shape index (κ3) is 6.87. The van der Waals surface area contributed by atoms with Gasteiger partial charge in [0.05, 0.1) is 19.3 Å². The number of halogens is 2. The summed E-state index contributed by atoms with van der Waals surface area (Å²) in [6.45, 7) is 2.05. The highest BCUT2D eigenvalue weighted by Gasteiger charge is 2.52. The molecule has 0 saturated carbocycles. The zero-order valence-electron chi connectivity index (χ0n) is 19.2. The van der Waals surface area contributed by atoms with Crippen molar-refractivity contribution >= 4 is 23.4 Å². The summed E-state index contributed by atoms with van der Waals surface area (Å²) in [4.78, 5) is 25.5. The minimum Gasteiger partial charge on any atom is -0.437 e. The van der Waals surface area contributed by atoms with Gasteiger partial charge in [0.25, 0.3) is 5.91 Å². The highest BCUT2D eigenvalue weighted by atomic mass is 32.1. The van der Waals surface area contributed by atoms with E-state index in [-0.39, 0.29) is 12.5 Å². The van der Waals surface area contributed by atoms with E-state index in [9.17, 15) is 23.5 Å². The van der Waals surface area contributed by atoms with Crippen LogP contribution in [0.4, 0.5) is 13.6 Å². The Bertz CT molecular complexity index is 994. The van der Waals surface area contributed by atoms with Gasteiger partial charge in [-0.25, -0.2) is 4.79 Å². The number of hydrogen-bond donors (Lipinski definition) is 1. The van der Waals surface area contributed by atoms with Crippen LogP contribution in [0.2, 0.25) is 0 Å². The van der Waals surface area contributed by atoms with Gasteiger partial charge in [-0.05, 0) is 42.9 Å². The average Bonchev–Trinajstić information content (AvgIpc) is 3.34. The van der Waals surface area contributed by atoms with Crippen LogP contribution in [-0.4, -0.2) is 53.8 Å². The lowest BCUT2D eigenvalue weighted by atomic mass is 9.95. The Balaban J connectivity index is 1.56. The van der Waals surface area contributed by atoms with Crippen molar-refractivity contribution in [1.82, 2.24) is 4.90 Å². The van der Waals surface area contributed by atoms with Gasteiger partial charge in [-0.1, -0.05) is 49.4 Å². The lowest BCUT2D eigenvalue weighted by Gasteiger charge is -2.22. The van der Waals surface area contributed by atoms with E-state index in [4.69, 9.17) is 4.74 Å². The van der Waals surface area contributed by atoms with Gasteiger partial charge in [0.1, 0.15) is 0 Å². The first-order chi connectivity index (χ1) is 16.2. The monoisotopic (exact) mass is 493 g/mol. The van der Waals surface area contributed by atoms with Crippen molar-refractivity contribution in [2.24, 2.45) is 5.92 Å². The Kier molecular flexibility index (Phi) is 8.79. The number of aryl methyl sites for hydroxylation is 1. The maximum absolute atomic E-state index is 14.2. The van der Waals surface area contributed by atoms with E-state index in [0.717, 1.165) is 10.4 Å². The molecule has 1 N–H and O–H groups in total. The molecule has 9 heteroatoms. The molecule has 34 heavy (non-hydrogen) atoms. The van der Waals surface area contributed by atoms with Gasteiger partial charge < -0.3 is 19.5 Å². The first-order valence-corrected chi connectivity index (χ1v) is 11.9. The molecule has 0 bridgehead atoms. The Morgan fingerprint density at radius 3 is 2.74 bits per heavy atom. The molecule has 2 aromatic rings. The second kappa shape index (κ2) is 11.6. The molecule has 2 heterocycles. The summed E-state index contributed by atoms with van der Waals surface area (Å²) in [5.41, 5.74) is 1.08. The number of aliphatic hydroxyl groups is 1. The van der Waals surface area contributed by atoms with Gasteiger partial charge in [0.15, 0.2) is 5.06 Å². The van der Waals surface area contributed by atoms with Crippen LogP contribution in [-0.2, 0) is 22.4 Å². The molecule has 1 fully saturated rings. The minimum absolute atomic E-state index is 0.107. The van der Waals surface area contributed by atoms with Crippen molar-refractivity contribution in [3.8, 4) is 5.06 Å². The highest BCUT2D eigenvalue weighted by Crippen LogP contribution is 2.35. The van der Waals surface area contributed by atoms with E-state index in [1.165, 1.54) is 35.5 Å². The summed E-state index contributed by atoms with van der Waals surface area (Å²) in [5, 5.41) is 10.9. The van der Waals surface area contributed by atoms with Crippen LogP contribution in [0.1, 0.15) is 30.2 Å². The Hall–Kier alpha value is -2.78. The van der Waals surface area contributed by atoms with Crippen molar-refractivity contribution in [2.45, 2.75) is 50.7 Å². The fraction of sp³-hybridized carbons (Fsp3) is 0.440. The van der Waals surface area contributed by atoms with E-state index >= 15 is 0 Å². The molecule has 0 spiro atoms. The normalized spacial score (nSPS) is 19.4. The molecule has 184 valence electrons. The second-order valence-electron chi connectivity index (χ2n) is 8.40. The number of benzene rings is 1. The molecule has 1 amide bonds. The third-order valence-corrected chi connectivity index (χ3v) is 6.79. The zero-order valence-corrected chi connectivity index (χ0v) is 20.0. The summed E-state index contributed by atoms with van der Waals surface area (Å²) in [6.07, 6.45) is 2.48. The SMILES string of the molecule is COC(=O)Oc1ccc(CCCN2C(=O)C(F)(F)C[C@@H]2/C=C/[C@@H](O)[C@@H](C)Cc2ccccc2)s1. The number of aliphatic hydroxyl groups excluding tert-OH is 1. The molecular formula is C25H29F2NO5S. The number of carbonyl (C=O) groups excluding carboxylic acids is 2. The zero-order chi connectivity index (χ0) is 24.7. The number of amides is 1. The van der Waals surface area contributed by atoms with E-state index < -0.39 is 36.6 Å². The standard InChI is InChI=1S/C25H29F2NO5S/c1-17(15-18-7-4-3-5-8-18)21(29)12-10-19-16-25(26,27)23(30)28(19)14-6-9-20-11-13-22(34-20)33-24(31)32-2/h3-5,7-8,10-13,17,19,21,29H,6,9,14-16H2,1-2H3/b12-10+/t17-,19-,21+/m0/s1. The molecule has 1 saturated heterocycles. The summed E-state index contributed by atoms with van der Waals surface area (Å²) in [6, 6.07) is 12.4. The third-order valence-electron chi connectivity index (χ3n) is 5.76. The van der Waals surface area contributed by atoms with Crippen molar-refractivity contribution in [3.63, 3.8) is 0 Å². The second-order valence-corrected chi connectivity index (χ2v) is 9.53. The fourth-order valence-electron chi connectivity index (χ4n) is 3.89. The van der Waals surface area contributed by atoms with Crippen molar-refractivity contribution in [2.75, 3.05) is 13.7 Å². The predicted octanol–water partition coefficient (Wildman–Crippen LogP) is 4.86. The van der Waals surface area contributed by atoms with Gasteiger partial charge in [0.2, 0.25) is 0 Å². The quantitative estimate of drug-likeness (QED) is 0.378. The number of carbonyl (C=O) groups is 2. The Labute approximate surface area is 201 Å². The van der Waals surface area contributed by atoms with E-state index in [0.29, 0.717) is 24.3 Å². The lowest BCUT2D eigenvalue weighted by Crippen LogP contribution is -2.37. The average molecular weight is 494 g/mol. The number of likely N-dealkylation sites (tertiary alicyclic amines) is 1. The van der Waals surface area contributed by atoms with Crippen molar-refractivity contribution < 1.29 is 33.0 Å². The maximum atomic E-state index is 14.2. The Morgan fingerprint density at radius 2 is 2.03 bits per heavy atom. The molecule has 3 rings (SSSR count). The number of rotatable bonds is 10. The fourth-order valence-corrected chi connectivity index (χ4v) is 4.78. The Morgan fingerprint density at radius 1 is 1.29 bits per heavy atom. The van der Waals surface area contributed by atoms with Gasteiger partial charge in [-0.3, -0.25) is 4.79 Å². The molecule has 1 aliphatic rings. The molecule has 0 unspecified atom stereocenters. The van der Waals surface area contributed by atoms with Crippen LogP contribution < -0.4 is 4.74 Å². The van der Waals surface area contributed by atoms with Crippen molar-refractivity contribution in [3.05, 3.63) is 65.1 Å².